The van der Waals surface area contributed by atoms with Crippen LogP contribution in [0, 0.1) is 0 Å². The number of rotatable bonds is 3. The lowest BCUT2D eigenvalue weighted by molar-refractivity contribution is 1.10. The van der Waals surface area contributed by atoms with Crippen molar-refractivity contribution in [3.05, 3.63) is 133 Å². The maximum absolute atomic E-state index is 5.04. The van der Waals surface area contributed by atoms with E-state index in [1.54, 1.807) is 0 Å². The maximum atomic E-state index is 5.04. The maximum Gasteiger partial charge on any atom is 0.145 e. The van der Waals surface area contributed by atoms with Gasteiger partial charge in [-0.2, -0.15) is 0 Å². The van der Waals surface area contributed by atoms with Crippen LogP contribution in [0.3, 0.4) is 0 Å². The minimum atomic E-state index is 0.953. The van der Waals surface area contributed by atoms with Gasteiger partial charge in [0, 0.05) is 11.3 Å². The molecule has 0 radical (unpaired) electrons. The van der Waals surface area contributed by atoms with E-state index in [2.05, 4.69) is 126 Å². The number of para-hydroxylation sites is 3. The van der Waals surface area contributed by atoms with E-state index in [-0.39, 0.29) is 0 Å². The Morgan fingerprint density at radius 3 is 2.00 bits per heavy atom. The van der Waals surface area contributed by atoms with E-state index in [1.165, 1.54) is 43.4 Å². The van der Waals surface area contributed by atoms with E-state index in [4.69, 9.17) is 4.98 Å². The van der Waals surface area contributed by atoms with E-state index < -0.39 is 0 Å². The summed E-state index contributed by atoms with van der Waals surface area (Å²) < 4.78 is 2.25. The van der Waals surface area contributed by atoms with Gasteiger partial charge in [0.25, 0.3) is 0 Å². The summed E-state index contributed by atoms with van der Waals surface area (Å²) in [5, 5.41) is 7.87. The second kappa shape index (κ2) is 7.78. The van der Waals surface area contributed by atoms with Crippen LogP contribution in [-0.4, -0.2) is 9.55 Å². The van der Waals surface area contributed by atoms with Crippen molar-refractivity contribution in [2.75, 3.05) is 0 Å². The summed E-state index contributed by atoms with van der Waals surface area (Å²) in [7, 11) is 0. The molecule has 0 unspecified atom stereocenters. The molecular formula is C35H22N2. The van der Waals surface area contributed by atoms with Gasteiger partial charge in [-0.15, -0.1) is 0 Å². The number of benzene rings is 7. The molecule has 0 spiro atoms. The number of fused-ring (bicyclic) bond motifs is 1. The third kappa shape index (κ3) is 3.03. The molecule has 0 N–H and O–H groups in total. The molecule has 0 fully saturated rings. The molecular weight excluding hydrogens is 448 g/mol. The molecule has 0 bridgehead atoms. The molecule has 7 aromatic carbocycles. The van der Waals surface area contributed by atoms with Gasteiger partial charge in [0.1, 0.15) is 5.82 Å². The molecule has 8 aromatic rings. The van der Waals surface area contributed by atoms with Gasteiger partial charge < -0.3 is 0 Å². The van der Waals surface area contributed by atoms with Gasteiger partial charge in [0.05, 0.1) is 11.0 Å². The van der Waals surface area contributed by atoms with Crippen LogP contribution in [0.2, 0.25) is 0 Å². The minimum Gasteiger partial charge on any atom is -0.292 e. The van der Waals surface area contributed by atoms with Gasteiger partial charge in [0.2, 0.25) is 0 Å². The van der Waals surface area contributed by atoms with Gasteiger partial charge in [-0.1, -0.05) is 103 Å². The molecule has 37 heavy (non-hydrogen) atoms. The molecule has 172 valence electrons. The second-order valence-corrected chi connectivity index (χ2v) is 9.65. The zero-order valence-electron chi connectivity index (χ0n) is 20.1. The fourth-order valence-corrected chi connectivity index (χ4v) is 5.86. The van der Waals surface area contributed by atoms with Crippen LogP contribution in [0.5, 0.6) is 0 Å². The van der Waals surface area contributed by atoms with Crippen molar-refractivity contribution >= 4 is 43.4 Å². The van der Waals surface area contributed by atoms with E-state index in [1.807, 2.05) is 12.1 Å². The van der Waals surface area contributed by atoms with Crippen molar-refractivity contribution in [2.24, 2.45) is 0 Å². The summed E-state index contributed by atoms with van der Waals surface area (Å²) in [6, 6.07) is 47.8. The van der Waals surface area contributed by atoms with Crippen molar-refractivity contribution in [3.8, 4) is 28.2 Å². The summed E-state index contributed by atoms with van der Waals surface area (Å²) in [4.78, 5) is 5.04. The zero-order valence-corrected chi connectivity index (χ0v) is 20.1. The van der Waals surface area contributed by atoms with Crippen LogP contribution in [0.4, 0.5) is 0 Å². The number of hydrogen-bond donors (Lipinski definition) is 0. The fraction of sp³-hybridized carbons (Fsp3) is 0. The first-order chi connectivity index (χ1) is 18.3. The van der Waals surface area contributed by atoms with Crippen LogP contribution >= 0.6 is 0 Å². The number of hydrogen-bond acceptors (Lipinski definition) is 1. The van der Waals surface area contributed by atoms with Crippen LogP contribution in [0.25, 0.3) is 71.6 Å². The van der Waals surface area contributed by atoms with E-state index >= 15 is 0 Å². The number of nitrogens with zero attached hydrogens (tertiary/aromatic N) is 2. The minimum absolute atomic E-state index is 0.953. The van der Waals surface area contributed by atoms with Crippen molar-refractivity contribution in [1.82, 2.24) is 9.55 Å². The van der Waals surface area contributed by atoms with E-state index in [9.17, 15) is 0 Å². The fourth-order valence-electron chi connectivity index (χ4n) is 5.86. The average molecular weight is 471 g/mol. The second-order valence-electron chi connectivity index (χ2n) is 9.65. The molecule has 1 heterocycles. The van der Waals surface area contributed by atoms with Crippen LogP contribution in [0.1, 0.15) is 0 Å². The molecule has 0 atom stereocenters. The predicted molar refractivity (Wildman–Crippen MR) is 156 cm³/mol. The standard InChI is InChI=1S/C35H22N2/c1-2-11-28(12-3-1)37-32-15-5-4-14-31(32)36-35(37)26-20-16-23(17-21-26)30-22-27-10-6-8-24-18-19-25-9-7-13-29(30)34(25)33(24)27/h1-22H. The van der Waals surface area contributed by atoms with Crippen molar-refractivity contribution < 1.29 is 0 Å². The molecule has 2 nitrogen and oxygen atoms in total. The van der Waals surface area contributed by atoms with Gasteiger partial charge in [0.15, 0.2) is 0 Å². The monoisotopic (exact) mass is 470 g/mol. The number of imidazole rings is 1. The molecule has 0 aliphatic heterocycles. The summed E-state index contributed by atoms with van der Waals surface area (Å²) in [5.74, 6) is 0.953. The predicted octanol–water partition coefficient (Wildman–Crippen LogP) is 9.26. The molecule has 8 rings (SSSR count). The van der Waals surface area contributed by atoms with Crippen molar-refractivity contribution in [2.45, 2.75) is 0 Å². The lowest BCUT2D eigenvalue weighted by Crippen LogP contribution is -1.97. The molecule has 0 saturated carbocycles. The van der Waals surface area contributed by atoms with E-state index in [0.717, 1.165) is 28.1 Å². The summed E-state index contributed by atoms with van der Waals surface area (Å²) in [6.07, 6.45) is 0. The van der Waals surface area contributed by atoms with Gasteiger partial charge >= 0.3 is 0 Å². The molecule has 0 amide bonds. The highest BCUT2D eigenvalue weighted by Crippen LogP contribution is 2.40. The van der Waals surface area contributed by atoms with Crippen molar-refractivity contribution in [1.29, 1.82) is 0 Å². The SMILES string of the molecule is c1ccc(-n2c(-c3ccc(-c4cc5cccc6ccc7cccc4c7c65)cc3)nc3ccccc32)cc1. The van der Waals surface area contributed by atoms with Gasteiger partial charge in [-0.25, -0.2) is 4.98 Å². The molecule has 0 aliphatic carbocycles. The Labute approximate surface area is 214 Å². The Hall–Kier alpha value is -4.95. The first-order valence-corrected chi connectivity index (χ1v) is 12.7. The Balaban J connectivity index is 1.33. The third-order valence-corrected chi connectivity index (χ3v) is 7.54. The third-order valence-electron chi connectivity index (χ3n) is 7.54. The highest BCUT2D eigenvalue weighted by Gasteiger charge is 2.16. The highest BCUT2D eigenvalue weighted by molar-refractivity contribution is 6.26. The Bertz CT molecular complexity index is 2070. The molecule has 2 heteroatoms. The smallest absolute Gasteiger partial charge is 0.145 e. The zero-order chi connectivity index (χ0) is 24.3. The quantitative estimate of drug-likeness (QED) is 0.235. The summed E-state index contributed by atoms with van der Waals surface area (Å²) in [5.41, 5.74) is 6.79. The average Bonchev–Trinajstić information content (AvgIpc) is 3.36. The van der Waals surface area contributed by atoms with Gasteiger partial charge in [-0.05, 0) is 73.8 Å². The first-order valence-electron chi connectivity index (χ1n) is 12.7. The molecule has 0 saturated heterocycles. The topological polar surface area (TPSA) is 17.8 Å². The lowest BCUT2D eigenvalue weighted by Gasteiger charge is -2.15. The van der Waals surface area contributed by atoms with Crippen LogP contribution < -0.4 is 0 Å². The lowest BCUT2D eigenvalue weighted by atomic mass is 9.89. The number of aromatic nitrogens is 2. The highest BCUT2D eigenvalue weighted by atomic mass is 15.1. The molecule has 0 aliphatic rings. The normalized spacial score (nSPS) is 11.8. The Morgan fingerprint density at radius 2 is 1.16 bits per heavy atom. The Morgan fingerprint density at radius 1 is 0.486 bits per heavy atom. The van der Waals surface area contributed by atoms with Crippen LogP contribution in [0.15, 0.2) is 133 Å². The first kappa shape index (κ1) is 20.3. The Kier molecular flexibility index (Phi) is 4.26. The van der Waals surface area contributed by atoms with Gasteiger partial charge in [-0.3, -0.25) is 4.57 Å². The van der Waals surface area contributed by atoms with E-state index in [0.29, 0.717) is 0 Å². The van der Waals surface area contributed by atoms with Crippen molar-refractivity contribution in [3.63, 3.8) is 0 Å². The summed E-state index contributed by atoms with van der Waals surface area (Å²) >= 11 is 0. The molecule has 1 aromatic heterocycles. The van der Waals surface area contributed by atoms with Crippen LogP contribution in [-0.2, 0) is 0 Å². The summed E-state index contributed by atoms with van der Waals surface area (Å²) in [6.45, 7) is 0. The largest absolute Gasteiger partial charge is 0.292 e.